The molecule has 0 aliphatic rings. The molecule has 0 unspecified atom stereocenters. The topological polar surface area (TPSA) is 124 Å². The number of thiazole rings is 1. The third-order valence-electron chi connectivity index (χ3n) is 4.34. The fourth-order valence-corrected chi connectivity index (χ4v) is 3.75. The first-order valence-electron chi connectivity index (χ1n) is 9.43. The molecule has 4 rings (SSSR count). The summed E-state index contributed by atoms with van der Waals surface area (Å²) < 4.78 is 11.3. The summed E-state index contributed by atoms with van der Waals surface area (Å²) in [7, 11) is 1.62. The molecule has 0 saturated heterocycles. The molecular formula is C21H20N6O3S. The summed E-state index contributed by atoms with van der Waals surface area (Å²) in [6, 6.07) is 12.6. The van der Waals surface area contributed by atoms with Crippen LogP contribution in [-0.2, 0) is 4.74 Å². The van der Waals surface area contributed by atoms with E-state index in [0.717, 1.165) is 16.0 Å². The molecule has 0 fully saturated rings. The van der Waals surface area contributed by atoms with Gasteiger partial charge in [0.05, 0.1) is 29.5 Å². The van der Waals surface area contributed by atoms with Crippen LogP contribution < -0.4 is 21.1 Å². The maximum absolute atomic E-state index is 12.0. The van der Waals surface area contributed by atoms with Gasteiger partial charge in [-0.2, -0.15) is 0 Å². The Bertz CT molecular complexity index is 1240. The number of nitrogens with one attached hydrogen (secondary N) is 2. The smallest absolute Gasteiger partial charge is 0.338 e. The molecule has 2 aromatic heterocycles. The van der Waals surface area contributed by atoms with E-state index in [1.165, 1.54) is 17.7 Å². The van der Waals surface area contributed by atoms with Crippen LogP contribution in [0.2, 0.25) is 0 Å². The molecule has 0 amide bonds. The minimum atomic E-state index is -0.392. The zero-order valence-electron chi connectivity index (χ0n) is 16.9. The molecule has 4 aromatic rings. The van der Waals surface area contributed by atoms with Crippen molar-refractivity contribution in [3.05, 3.63) is 54.4 Å². The van der Waals surface area contributed by atoms with Crippen molar-refractivity contribution >= 4 is 55.7 Å². The van der Waals surface area contributed by atoms with Crippen LogP contribution in [0, 0.1) is 0 Å². The molecule has 0 bridgehead atoms. The summed E-state index contributed by atoms with van der Waals surface area (Å²) in [6.07, 6.45) is 1.40. The number of benzene rings is 2. The summed E-state index contributed by atoms with van der Waals surface area (Å²) in [5, 5.41) is 6.91. The van der Waals surface area contributed by atoms with Crippen LogP contribution in [0.1, 0.15) is 17.3 Å². The Morgan fingerprint density at radius 1 is 1.13 bits per heavy atom. The number of aromatic nitrogens is 3. The van der Waals surface area contributed by atoms with Crippen LogP contribution in [0.25, 0.3) is 10.2 Å². The molecule has 31 heavy (non-hydrogen) atoms. The molecule has 4 N–H and O–H groups in total. The first kappa shape index (κ1) is 20.4. The van der Waals surface area contributed by atoms with Gasteiger partial charge in [-0.15, -0.1) is 0 Å². The third kappa shape index (κ3) is 4.48. The number of nitrogens with zero attached hydrogens (tertiary/aromatic N) is 3. The lowest BCUT2D eigenvalue weighted by Crippen LogP contribution is -2.07. The summed E-state index contributed by atoms with van der Waals surface area (Å²) in [5.41, 5.74) is 8.52. The van der Waals surface area contributed by atoms with E-state index in [4.69, 9.17) is 15.2 Å². The van der Waals surface area contributed by atoms with Crippen LogP contribution in [0.3, 0.4) is 0 Å². The molecule has 0 spiro atoms. The van der Waals surface area contributed by atoms with Crippen molar-refractivity contribution in [1.29, 1.82) is 0 Å². The van der Waals surface area contributed by atoms with Crippen LogP contribution in [0.4, 0.5) is 28.1 Å². The summed E-state index contributed by atoms with van der Waals surface area (Å²) in [5.74, 6) is 1.20. The van der Waals surface area contributed by atoms with E-state index in [9.17, 15) is 4.79 Å². The van der Waals surface area contributed by atoms with Crippen molar-refractivity contribution in [3.63, 3.8) is 0 Å². The lowest BCUT2D eigenvalue weighted by Gasteiger charge is -2.12. The quantitative estimate of drug-likeness (QED) is 0.363. The fourth-order valence-electron chi connectivity index (χ4n) is 2.86. The normalized spacial score (nSPS) is 10.6. The number of ether oxygens (including phenoxy) is 2. The molecule has 0 aliphatic carbocycles. The van der Waals surface area contributed by atoms with Gasteiger partial charge in [-0.25, -0.2) is 19.7 Å². The Morgan fingerprint density at radius 2 is 1.94 bits per heavy atom. The molecule has 0 aliphatic heterocycles. The molecule has 158 valence electrons. The van der Waals surface area contributed by atoms with E-state index in [-0.39, 0.29) is 0 Å². The van der Waals surface area contributed by atoms with E-state index >= 15 is 0 Å². The number of carbonyl (C=O) groups excluding carboxylic acids is 1. The van der Waals surface area contributed by atoms with Crippen molar-refractivity contribution in [2.45, 2.75) is 6.92 Å². The molecule has 2 heterocycles. The van der Waals surface area contributed by atoms with Crippen LogP contribution in [0.15, 0.2) is 48.8 Å². The Labute approximate surface area is 182 Å². The van der Waals surface area contributed by atoms with E-state index in [1.54, 1.807) is 38.3 Å². The molecule has 0 saturated carbocycles. The average Bonchev–Trinajstić information content (AvgIpc) is 3.18. The molecule has 9 nitrogen and oxygen atoms in total. The zero-order valence-corrected chi connectivity index (χ0v) is 17.7. The second-order valence-electron chi connectivity index (χ2n) is 6.39. The number of rotatable bonds is 7. The molecule has 2 aromatic carbocycles. The number of methoxy groups -OCH3 is 1. The van der Waals surface area contributed by atoms with E-state index in [0.29, 0.717) is 40.3 Å². The standard InChI is InChI=1S/C21H20N6O3S/c1-3-30-20(28)12-5-4-6-13(9-12)25-18-17(22)19(24-11-23-18)27-21-26-15-8-7-14(29-2)10-16(15)31-21/h4-11H,3,22H2,1-2H3,(H2,23,24,25,26,27). The van der Waals surface area contributed by atoms with Crippen molar-refractivity contribution < 1.29 is 14.3 Å². The predicted molar refractivity (Wildman–Crippen MR) is 122 cm³/mol. The molecule has 0 radical (unpaired) electrons. The highest BCUT2D eigenvalue weighted by Crippen LogP contribution is 2.33. The second kappa shape index (κ2) is 8.84. The number of carbonyl (C=O) groups is 1. The van der Waals surface area contributed by atoms with Gasteiger partial charge >= 0.3 is 5.97 Å². The van der Waals surface area contributed by atoms with E-state index in [1.807, 2.05) is 18.2 Å². The Morgan fingerprint density at radius 3 is 2.71 bits per heavy atom. The highest BCUT2D eigenvalue weighted by atomic mass is 32.1. The molecular weight excluding hydrogens is 416 g/mol. The first-order chi connectivity index (χ1) is 15.1. The van der Waals surface area contributed by atoms with Crippen LogP contribution in [0.5, 0.6) is 5.75 Å². The van der Waals surface area contributed by atoms with Gasteiger partial charge in [0.15, 0.2) is 16.8 Å². The summed E-state index contributed by atoms with van der Waals surface area (Å²) in [4.78, 5) is 25.0. The van der Waals surface area contributed by atoms with Gasteiger partial charge in [0.1, 0.15) is 17.8 Å². The van der Waals surface area contributed by atoms with E-state index < -0.39 is 5.97 Å². The second-order valence-corrected chi connectivity index (χ2v) is 7.42. The number of anilines is 5. The van der Waals surface area contributed by atoms with E-state index in [2.05, 4.69) is 25.6 Å². The first-order valence-corrected chi connectivity index (χ1v) is 10.3. The molecule has 10 heteroatoms. The van der Waals surface area contributed by atoms with Crippen molar-refractivity contribution in [3.8, 4) is 5.75 Å². The average molecular weight is 436 g/mol. The van der Waals surface area contributed by atoms with Crippen molar-refractivity contribution in [2.75, 3.05) is 30.1 Å². The number of hydrogen-bond acceptors (Lipinski definition) is 10. The Balaban J connectivity index is 1.56. The fraction of sp³-hybridized carbons (Fsp3) is 0.143. The summed E-state index contributed by atoms with van der Waals surface area (Å²) in [6.45, 7) is 2.07. The number of nitrogen functional groups attached to an aromatic ring is 1. The predicted octanol–water partition coefficient (Wildman–Crippen LogP) is 4.34. The van der Waals surface area contributed by atoms with Crippen molar-refractivity contribution in [2.24, 2.45) is 0 Å². The van der Waals surface area contributed by atoms with Crippen LogP contribution >= 0.6 is 11.3 Å². The van der Waals surface area contributed by atoms with Crippen LogP contribution in [-0.4, -0.2) is 34.6 Å². The van der Waals surface area contributed by atoms with Gasteiger partial charge in [0.2, 0.25) is 0 Å². The maximum atomic E-state index is 12.0. The minimum absolute atomic E-state index is 0.308. The monoisotopic (exact) mass is 436 g/mol. The SMILES string of the molecule is CCOC(=O)c1cccc(Nc2ncnc(Nc3nc4ccc(OC)cc4s3)c2N)c1. The Hall–Kier alpha value is -3.92. The number of nitrogens with two attached hydrogens (primary N) is 1. The van der Waals surface area contributed by atoms with Gasteiger partial charge in [0.25, 0.3) is 0 Å². The van der Waals surface area contributed by atoms with Gasteiger partial charge < -0.3 is 25.8 Å². The number of esters is 1. The largest absolute Gasteiger partial charge is 0.497 e. The van der Waals surface area contributed by atoms with Crippen molar-refractivity contribution in [1.82, 2.24) is 15.0 Å². The van der Waals surface area contributed by atoms with Gasteiger partial charge in [0, 0.05) is 5.69 Å². The highest BCUT2D eigenvalue weighted by Gasteiger charge is 2.13. The number of fused-ring (bicyclic) bond motifs is 1. The minimum Gasteiger partial charge on any atom is -0.497 e. The van der Waals surface area contributed by atoms with Gasteiger partial charge in [-0.1, -0.05) is 17.4 Å². The summed E-state index contributed by atoms with van der Waals surface area (Å²) >= 11 is 1.46. The maximum Gasteiger partial charge on any atom is 0.338 e. The lowest BCUT2D eigenvalue weighted by atomic mass is 10.2. The van der Waals surface area contributed by atoms with Gasteiger partial charge in [-0.3, -0.25) is 0 Å². The third-order valence-corrected chi connectivity index (χ3v) is 5.27. The van der Waals surface area contributed by atoms with Gasteiger partial charge in [-0.05, 0) is 43.3 Å². The Kier molecular flexibility index (Phi) is 5.80. The molecule has 0 atom stereocenters. The number of hydrogen-bond donors (Lipinski definition) is 3. The zero-order chi connectivity index (χ0) is 21.8. The highest BCUT2D eigenvalue weighted by molar-refractivity contribution is 7.22. The lowest BCUT2D eigenvalue weighted by molar-refractivity contribution is 0.0526.